The first kappa shape index (κ1) is 21.9. The van der Waals surface area contributed by atoms with Crippen LogP contribution in [0.1, 0.15) is 53.6 Å². The Kier molecular flexibility index (Phi) is 6.42. The topological polar surface area (TPSA) is 72.2 Å². The number of anilines is 1. The Balaban J connectivity index is 1.84. The Bertz CT molecular complexity index is 969. The van der Waals surface area contributed by atoms with Crippen molar-refractivity contribution in [3.05, 3.63) is 55.9 Å². The van der Waals surface area contributed by atoms with E-state index in [9.17, 15) is 9.59 Å². The molecule has 0 spiro atoms. The van der Waals surface area contributed by atoms with Gasteiger partial charge in [0, 0.05) is 26.6 Å². The first-order chi connectivity index (χ1) is 13.6. The number of fused-ring (bicyclic) bond motifs is 1. The lowest BCUT2D eigenvalue weighted by molar-refractivity contribution is -0.111. The lowest BCUT2D eigenvalue weighted by Crippen LogP contribution is -2.27. The first-order valence-electron chi connectivity index (χ1n) is 9.45. The number of thiophene rings is 1. The molecule has 0 fully saturated rings. The number of rotatable bonds is 4. The van der Waals surface area contributed by atoms with Crippen molar-refractivity contribution in [3.63, 3.8) is 0 Å². The number of benzene rings is 1. The lowest BCUT2D eigenvalue weighted by Gasteiger charge is -2.33. The number of hydrogen-bond acceptors (Lipinski definition) is 3. The van der Waals surface area contributed by atoms with E-state index in [2.05, 4.69) is 26.1 Å². The number of carbonyl (C=O) groups is 2. The maximum atomic E-state index is 12.5. The van der Waals surface area contributed by atoms with E-state index in [-0.39, 0.29) is 11.3 Å². The molecule has 2 amide bonds. The van der Waals surface area contributed by atoms with Crippen LogP contribution in [-0.2, 0) is 17.6 Å². The SMILES string of the molecule is CC(C)(C)C1CCc2c(sc(NC(=O)C=Cc3c(Cl)cccc3Cl)c2C(N)=O)C1. The van der Waals surface area contributed by atoms with Gasteiger partial charge in [-0.2, -0.15) is 0 Å². The van der Waals surface area contributed by atoms with Crippen LogP contribution >= 0.6 is 34.5 Å². The van der Waals surface area contributed by atoms with Gasteiger partial charge in [0.25, 0.3) is 5.91 Å². The molecule has 1 unspecified atom stereocenters. The molecule has 7 heteroatoms. The minimum atomic E-state index is -0.509. The van der Waals surface area contributed by atoms with Crippen molar-refractivity contribution in [2.24, 2.45) is 17.1 Å². The van der Waals surface area contributed by atoms with Crippen molar-refractivity contribution in [2.75, 3.05) is 5.32 Å². The zero-order chi connectivity index (χ0) is 21.3. The monoisotopic (exact) mass is 450 g/mol. The fourth-order valence-corrected chi connectivity index (χ4v) is 5.52. The summed E-state index contributed by atoms with van der Waals surface area (Å²) < 4.78 is 0. The van der Waals surface area contributed by atoms with Crippen molar-refractivity contribution in [3.8, 4) is 0 Å². The highest BCUT2D eigenvalue weighted by Gasteiger charge is 2.33. The van der Waals surface area contributed by atoms with Gasteiger partial charge in [-0.1, -0.05) is 50.0 Å². The highest BCUT2D eigenvalue weighted by Crippen LogP contribution is 2.44. The molecule has 2 aromatic rings. The Morgan fingerprint density at radius 1 is 1.24 bits per heavy atom. The molecule has 0 bridgehead atoms. The minimum Gasteiger partial charge on any atom is -0.365 e. The highest BCUT2D eigenvalue weighted by molar-refractivity contribution is 7.17. The Morgan fingerprint density at radius 3 is 2.48 bits per heavy atom. The summed E-state index contributed by atoms with van der Waals surface area (Å²) in [7, 11) is 0. The third-order valence-electron chi connectivity index (χ3n) is 5.37. The summed E-state index contributed by atoms with van der Waals surface area (Å²) in [4.78, 5) is 25.7. The number of hydrogen-bond donors (Lipinski definition) is 2. The number of carbonyl (C=O) groups excluding carboxylic acids is 2. The van der Waals surface area contributed by atoms with Gasteiger partial charge in [-0.05, 0) is 54.4 Å². The molecule has 1 aromatic heterocycles. The average molecular weight is 451 g/mol. The van der Waals surface area contributed by atoms with Gasteiger partial charge >= 0.3 is 0 Å². The molecule has 3 rings (SSSR count). The van der Waals surface area contributed by atoms with Crippen molar-refractivity contribution in [1.29, 1.82) is 0 Å². The molecule has 0 saturated heterocycles. The van der Waals surface area contributed by atoms with E-state index in [4.69, 9.17) is 28.9 Å². The summed E-state index contributed by atoms with van der Waals surface area (Å²) in [5.74, 6) is -0.347. The van der Waals surface area contributed by atoms with Crippen LogP contribution in [0, 0.1) is 11.3 Å². The molecule has 3 N–H and O–H groups in total. The van der Waals surface area contributed by atoms with Gasteiger partial charge in [0.15, 0.2) is 0 Å². The second kappa shape index (κ2) is 8.50. The van der Waals surface area contributed by atoms with Crippen LogP contribution in [0.4, 0.5) is 5.00 Å². The maximum Gasteiger partial charge on any atom is 0.251 e. The van der Waals surface area contributed by atoms with Crippen LogP contribution in [0.5, 0.6) is 0 Å². The molecule has 1 heterocycles. The van der Waals surface area contributed by atoms with Gasteiger partial charge in [0.1, 0.15) is 5.00 Å². The number of primary amides is 1. The standard InChI is InChI=1S/C22H24Cl2N2O2S/c1-22(2,3)12-7-8-14-17(11-12)29-21(19(14)20(25)28)26-18(27)10-9-13-15(23)5-4-6-16(13)24/h4-6,9-10,12H,7-8,11H2,1-3H3,(H2,25,28)(H,26,27). The van der Waals surface area contributed by atoms with Crippen LogP contribution in [0.15, 0.2) is 24.3 Å². The summed E-state index contributed by atoms with van der Waals surface area (Å²) in [6.07, 6.45) is 5.62. The smallest absolute Gasteiger partial charge is 0.251 e. The van der Waals surface area contributed by atoms with Gasteiger partial charge < -0.3 is 11.1 Å². The van der Waals surface area contributed by atoms with Crippen molar-refractivity contribution >= 4 is 57.4 Å². The van der Waals surface area contributed by atoms with Crippen LogP contribution in [0.3, 0.4) is 0 Å². The van der Waals surface area contributed by atoms with E-state index < -0.39 is 5.91 Å². The molecule has 0 radical (unpaired) electrons. The number of amides is 2. The molecule has 1 atom stereocenters. The van der Waals surface area contributed by atoms with Crippen LogP contribution in [0.25, 0.3) is 6.08 Å². The van der Waals surface area contributed by atoms with E-state index in [0.29, 0.717) is 32.1 Å². The van der Waals surface area contributed by atoms with Gasteiger partial charge in [0.05, 0.1) is 5.56 Å². The van der Waals surface area contributed by atoms with E-state index >= 15 is 0 Å². The summed E-state index contributed by atoms with van der Waals surface area (Å²) in [5.41, 5.74) is 7.83. The second-order valence-corrected chi connectivity index (χ2v) is 10.3. The molecule has 154 valence electrons. The number of halogens is 2. The predicted molar refractivity (Wildman–Crippen MR) is 122 cm³/mol. The second-order valence-electron chi connectivity index (χ2n) is 8.34. The summed E-state index contributed by atoms with van der Waals surface area (Å²) in [5, 5.41) is 4.24. The molecule has 1 aromatic carbocycles. The van der Waals surface area contributed by atoms with E-state index in [1.807, 2.05) is 0 Å². The molecule has 29 heavy (non-hydrogen) atoms. The number of nitrogens with one attached hydrogen (secondary N) is 1. The zero-order valence-electron chi connectivity index (χ0n) is 16.6. The zero-order valence-corrected chi connectivity index (χ0v) is 19.0. The van der Waals surface area contributed by atoms with Gasteiger partial charge in [-0.15, -0.1) is 11.3 Å². The van der Waals surface area contributed by atoms with Crippen LogP contribution in [0.2, 0.25) is 10.0 Å². The van der Waals surface area contributed by atoms with Crippen molar-refractivity contribution < 1.29 is 9.59 Å². The summed E-state index contributed by atoms with van der Waals surface area (Å²) in [6.45, 7) is 6.70. The van der Waals surface area contributed by atoms with E-state index in [1.165, 1.54) is 17.4 Å². The fourth-order valence-electron chi connectivity index (χ4n) is 3.66. The Morgan fingerprint density at radius 2 is 1.90 bits per heavy atom. The highest BCUT2D eigenvalue weighted by atomic mass is 35.5. The van der Waals surface area contributed by atoms with Gasteiger partial charge in [-0.3, -0.25) is 9.59 Å². The third-order valence-corrected chi connectivity index (χ3v) is 7.20. The molecule has 4 nitrogen and oxygen atoms in total. The maximum absolute atomic E-state index is 12.5. The summed E-state index contributed by atoms with van der Waals surface area (Å²) >= 11 is 13.7. The van der Waals surface area contributed by atoms with Crippen LogP contribution < -0.4 is 11.1 Å². The molecular formula is C22H24Cl2N2O2S. The van der Waals surface area contributed by atoms with Crippen LogP contribution in [-0.4, -0.2) is 11.8 Å². The Labute approximate surface area is 185 Å². The third kappa shape index (κ3) is 4.85. The molecule has 0 aliphatic heterocycles. The lowest BCUT2D eigenvalue weighted by atomic mass is 9.72. The molecule has 0 saturated carbocycles. The quantitative estimate of drug-likeness (QED) is 0.564. The van der Waals surface area contributed by atoms with Crippen molar-refractivity contribution in [1.82, 2.24) is 0 Å². The molecule has 1 aliphatic rings. The normalized spacial score (nSPS) is 16.7. The largest absolute Gasteiger partial charge is 0.365 e. The summed E-state index contributed by atoms with van der Waals surface area (Å²) in [6, 6.07) is 5.15. The fraction of sp³-hybridized carbons (Fsp3) is 0.364. The Hall–Kier alpha value is -1.82. The first-order valence-corrected chi connectivity index (χ1v) is 11.0. The van der Waals surface area contributed by atoms with E-state index in [1.54, 1.807) is 24.3 Å². The number of nitrogens with two attached hydrogens (primary N) is 1. The van der Waals surface area contributed by atoms with Gasteiger partial charge in [-0.25, -0.2) is 0 Å². The van der Waals surface area contributed by atoms with Crippen molar-refractivity contribution in [2.45, 2.75) is 40.0 Å². The van der Waals surface area contributed by atoms with E-state index in [0.717, 1.165) is 29.7 Å². The minimum absolute atomic E-state index is 0.189. The molecular weight excluding hydrogens is 427 g/mol. The molecule has 1 aliphatic carbocycles. The average Bonchev–Trinajstić information content (AvgIpc) is 2.97. The van der Waals surface area contributed by atoms with Gasteiger partial charge in [0.2, 0.25) is 5.91 Å². The predicted octanol–water partition coefficient (Wildman–Crippen LogP) is 5.96.